The van der Waals surface area contributed by atoms with Gasteiger partial charge >= 0.3 is 0 Å². The number of nitrogens with zero attached hydrogens (tertiary/aromatic N) is 3. The first kappa shape index (κ1) is 9.58. The number of carbonyl (C=O) groups excluding carboxylic acids is 1. The average Bonchev–Trinajstić information content (AvgIpc) is 2.81. The molecule has 2 aromatic heterocycles. The number of aromatic nitrogens is 3. The van der Waals surface area contributed by atoms with Crippen LogP contribution in [-0.2, 0) is 6.42 Å². The topological polar surface area (TPSA) is 47.8 Å². The van der Waals surface area contributed by atoms with Crippen molar-refractivity contribution in [1.29, 1.82) is 0 Å². The van der Waals surface area contributed by atoms with Crippen LogP contribution in [0.2, 0.25) is 0 Å². The maximum Gasteiger partial charge on any atom is 0.247 e. The fraction of sp³-hybridized carbons (Fsp3) is 0.182. The molecule has 0 aromatic carbocycles. The van der Waals surface area contributed by atoms with Crippen molar-refractivity contribution in [3.8, 4) is 0 Å². The average molecular weight is 201 g/mol. The maximum atomic E-state index is 11.6. The van der Waals surface area contributed by atoms with E-state index in [4.69, 9.17) is 0 Å². The van der Waals surface area contributed by atoms with E-state index in [9.17, 15) is 4.79 Å². The first-order valence-electron chi connectivity index (χ1n) is 4.79. The summed E-state index contributed by atoms with van der Waals surface area (Å²) < 4.78 is 1.35. The van der Waals surface area contributed by atoms with E-state index in [2.05, 4.69) is 10.1 Å². The van der Waals surface area contributed by atoms with Gasteiger partial charge in [-0.05, 0) is 24.6 Å². The van der Waals surface area contributed by atoms with E-state index < -0.39 is 0 Å². The van der Waals surface area contributed by atoms with Gasteiger partial charge in [-0.15, -0.1) is 0 Å². The van der Waals surface area contributed by atoms with Gasteiger partial charge in [-0.1, -0.05) is 6.07 Å². The van der Waals surface area contributed by atoms with Crippen molar-refractivity contribution in [1.82, 2.24) is 14.8 Å². The van der Waals surface area contributed by atoms with Crippen molar-refractivity contribution in [3.63, 3.8) is 0 Å². The van der Waals surface area contributed by atoms with Gasteiger partial charge in [0, 0.05) is 30.7 Å². The van der Waals surface area contributed by atoms with Crippen LogP contribution in [0, 0.1) is 0 Å². The van der Waals surface area contributed by atoms with Crippen LogP contribution in [0.4, 0.5) is 0 Å². The van der Waals surface area contributed by atoms with E-state index in [1.807, 2.05) is 18.2 Å². The third kappa shape index (κ3) is 2.49. The third-order valence-electron chi connectivity index (χ3n) is 2.08. The lowest BCUT2D eigenvalue weighted by molar-refractivity contribution is 0.0887. The van der Waals surface area contributed by atoms with Gasteiger partial charge in [-0.2, -0.15) is 5.10 Å². The summed E-state index contributed by atoms with van der Waals surface area (Å²) >= 11 is 0. The van der Waals surface area contributed by atoms with Crippen molar-refractivity contribution in [2.24, 2.45) is 0 Å². The fourth-order valence-corrected chi connectivity index (χ4v) is 1.31. The van der Waals surface area contributed by atoms with Gasteiger partial charge in [0.25, 0.3) is 0 Å². The fourth-order valence-electron chi connectivity index (χ4n) is 1.31. The van der Waals surface area contributed by atoms with Crippen LogP contribution in [0.15, 0.2) is 42.9 Å². The van der Waals surface area contributed by atoms with Crippen molar-refractivity contribution >= 4 is 5.91 Å². The molecule has 0 aliphatic carbocycles. The van der Waals surface area contributed by atoms with Crippen LogP contribution >= 0.6 is 0 Å². The summed E-state index contributed by atoms with van der Waals surface area (Å²) in [7, 11) is 0. The number of carbonyl (C=O) groups is 1. The highest BCUT2D eigenvalue weighted by Gasteiger charge is 2.04. The highest BCUT2D eigenvalue weighted by molar-refractivity contribution is 5.77. The van der Waals surface area contributed by atoms with Crippen molar-refractivity contribution in [2.75, 3.05) is 0 Å². The number of hydrogen-bond acceptors (Lipinski definition) is 3. The van der Waals surface area contributed by atoms with E-state index in [1.165, 1.54) is 4.68 Å². The van der Waals surface area contributed by atoms with Crippen molar-refractivity contribution < 1.29 is 4.79 Å². The van der Waals surface area contributed by atoms with Crippen molar-refractivity contribution in [3.05, 3.63) is 48.5 Å². The standard InChI is InChI=1S/C11H11N3O/c15-11(14-9-3-8-13-14)6-5-10-4-1-2-7-12-10/h1-4,7-9H,5-6H2. The summed E-state index contributed by atoms with van der Waals surface area (Å²) in [6.07, 6.45) is 6.06. The molecule has 0 atom stereocenters. The van der Waals surface area contributed by atoms with E-state index in [0.29, 0.717) is 12.8 Å². The Bertz CT molecular complexity index is 422. The molecule has 0 radical (unpaired) electrons. The Hall–Kier alpha value is -1.97. The number of pyridine rings is 1. The molecule has 4 heteroatoms. The lowest BCUT2D eigenvalue weighted by Crippen LogP contribution is -2.12. The van der Waals surface area contributed by atoms with Gasteiger partial charge in [0.15, 0.2) is 0 Å². The Morgan fingerprint density at radius 3 is 2.87 bits per heavy atom. The molecule has 0 aliphatic rings. The first-order chi connectivity index (χ1) is 7.36. The van der Waals surface area contributed by atoms with Gasteiger partial charge in [-0.3, -0.25) is 9.78 Å². The molecule has 2 heterocycles. The smallest absolute Gasteiger partial charge is 0.247 e. The molecule has 0 N–H and O–H groups in total. The molecule has 2 rings (SSSR count). The highest BCUT2D eigenvalue weighted by atomic mass is 16.2. The maximum absolute atomic E-state index is 11.6. The lowest BCUT2D eigenvalue weighted by Gasteiger charge is -2.00. The van der Waals surface area contributed by atoms with E-state index in [-0.39, 0.29) is 5.91 Å². The molecule has 0 saturated heterocycles. The predicted octanol–water partition coefficient (Wildman–Crippen LogP) is 1.55. The number of aryl methyl sites for hydroxylation is 1. The minimum Gasteiger partial charge on any atom is -0.273 e. The second-order valence-corrected chi connectivity index (χ2v) is 3.17. The Labute approximate surface area is 87.6 Å². The van der Waals surface area contributed by atoms with Crippen molar-refractivity contribution in [2.45, 2.75) is 12.8 Å². The molecule has 0 aliphatic heterocycles. The third-order valence-corrected chi connectivity index (χ3v) is 2.08. The van der Waals surface area contributed by atoms with Crippen LogP contribution < -0.4 is 0 Å². The van der Waals surface area contributed by atoms with Crippen LogP contribution in [0.5, 0.6) is 0 Å². The van der Waals surface area contributed by atoms with Crippen LogP contribution in [0.25, 0.3) is 0 Å². The summed E-state index contributed by atoms with van der Waals surface area (Å²) in [5.41, 5.74) is 0.929. The minimum absolute atomic E-state index is 0.00865. The van der Waals surface area contributed by atoms with E-state index in [0.717, 1.165) is 5.69 Å². The summed E-state index contributed by atoms with van der Waals surface area (Å²) in [6.45, 7) is 0. The van der Waals surface area contributed by atoms with Gasteiger partial charge in [0.1, 0.15) is 0 Å². The van der Waals surface area contributed by atoms with Crippen LogP contribution in [-0.4, -0.2) is 20.7 Å². The van der Waals surface area contributed by atoms with E-state index >= 15 is 0 Å². The monoisotopic (exact) mass is 201 g/mol. The van der Waals surface area contributed by atoms with E-state index in [1.54, 1.807) is 24.7 Å². The molecular weight excluding hydrogens is 190 g/mol. The van der Waals surface area contributed by atoms with Gasteiger partial charge < -0.3 is 0 Å². The van der Waals surface area contributed by atoms with Crippen LogP contribution in [0.3, 0.4) is 0 Å². The molecule has 76 valence electrons. The molecule has 0 spiro atoms. The first-order valence-corrected chi connectivity index (χ1v) is 4.79. The second-order valence-electron chi connectivity index (χ2n) is 3.17. The second kappa shape index (κ2) is 4.50. The lowest BCUT2D eigenvalue weighted by atomic mass is 10.2. The molecule has 0 saturated carbocycles. The quantitative estimate of drug-likeness (QED) is 0.757. The molecule has 2 aromatic rings. The molecule has 0 unspecified atom stereocenters. The Morgan fingerprint density at radius 2 is 2.20 bits per heavy atom. The zero-order valence-corrected chi connectivity index (χ0v) is 8.21. The molecule has 15 heavy (non-hydrogen) atoms. The number of hydrogen-bond donors (Lipinski definition) is 0. The summed E-state index contributed by atoms with van der Waals surface area (Å²) in [5, 5.41) is 3.88. The molecule has 0 amide bonds. The van der Waals surface area contributed by atoms with Crippen LogP contribution in [0.1, 0.15) is 16.9 Å². The molecule has 0 fully saturated rings. The SMILES string of the molecule is O=C(CCc1ccccn1)n1cccn1. The Kier molecular flexibility index (Phi) is 2.88. The van der Waals surface area contributed by atoms with Gasteiger partial charge in [0.05, 0.1) is 0 Å². The highest BCUT2D eigenvalue weighted by Crippen LogP contribution is 2.00. The number of rotatable bonds is 3. The summed E-state index contributed by atoms with van der Waals surface area (Å²) in [4.78, 5) is 15.7. The summed E-state index contributed by atoms with van der Waals surface area (Å²) in [6, 6.07) is 7.43. The minimum atomic E-state index is -0.00865. The zero-order chi connectivity index (χ0) is 10.5. The molecule has 4 nitrogen and oxygen atoms in total. The molecular formula is C11H11N3O. The van der Waals surface area contributed by atoms with Gasteiger partial charge in [0.2, 0.25) is 5.91 Å². The predicted molar refractivity (Wildman–Crippen MR) is 55.4 cm³/mol. The summed E-state index contributed by atoms with van der Waals surface area (Å²) in [5.74, 6) is -0.00865. The Balaban J connectivity index is 1.92. The molecule has 0 bridgehead atoms. The normalized spacial score (nSPS) is 10.1. The zero-order valence-electron chi connectivity index (χ0n) is 8.21. The Morgan fingerprint density at radius 1 is 1.27 bits per heavy atom. The largest absolute Gasteiger partial charge is 0.273 e. The van der Waals surface area contributed by atoms with Gasteiger partial charge in [-0.25, -0.2) is 4.68 Å².